The van der Waals surface area contributed by atoms with Crippen LogP contribution in [0.3, 0.4) is 0 Å². The summed E-state index contributed by atoms with van der Waals surface area (Å²) in [4.78, 5) is 12.3. The second-order valence-electron chi connectivity index (χ2n) is 5.97. The number of anilines is 1. The van der Waals surface area contributed by atoms with Crippen molar-refractivity contribution >= 4 is 35.0 Å². The van der Waals surface area contributed by atoms with Gasteiger partial charge in [-0.3, -0.25) is 4.79 Å². The standard InChI is InChI=1S/C15H17ClF3N5OS/c1-8(2)7-24-14(21-22-23-24)26-9(3)13(25)20-12-5-4-10(16)6-11(12)15(17,18)19/h4-6,8-9H,7H2,1-3H3,(H,20,25)/t9-/m0/s1. The van der Waals surface area contributed by atoms with E-state index in [1.165, 1.54) is 6.07 Å². The number of tetrazole rings is 1. The summed E-state index contributed by atoms with van der Waals surface area (Å²) in [7, 11) is 0. The summed E-state index contributed by atoms with van der Waals surface area (Å²) in [6.07, 6.45) is -4.63. The van der Waals surface area contributed by atoms with Gasteiger partial charge >= 0.3 is 6.18 Å². The summed E-state index contributed by atoms with van der Waals surface area (Å²) in [6.45, 7) is 6.12. The number of halogens is 4. The molecule has 1 amide bonds. The highest BCUT2D eigenvalue weighted by atomic mass is 35.5. The van der Waals surface area contributed by atoms with Crippen molar-refractivity contribution in [1.29, 1.82) is 0 Å². The predicted molar refractivity (Wildman–Crippen MR) is 93.1 cm³/mol. The zero-order valence-corrected chi connectivity index (χ0v) is 15.8. The predicted octanol–water partition coefficient (Wildman–Crippen LogP) is 4.12. The van der Waals surface area contributed by atoms with Crippen LogP contribution in [0, 0.1) is 5.92 Å². The maximum Gasteiger partial charge on any atom is 0.418 e. The van der Waals surface area contributed by atoms with Gasteiger partial charge in [0.15, 0.2) is 0 Å². The molecule has 0 saturated carbocycles. The highest BCUT2D eigenvalue weighted by Gasteiger charge is 2.34. The van der Waals surface area contributed by atoms with E-state index < -0.39 is 22.9 Å². The molecule has 1 heterocycles. The Morgan fingerprint density at radius 1 is 1.35 bits per heavy atom. The molecule has 11 heteroatoms. The number of alkyl halides is 3. The Morgan fingerprint density at radius 2 is 2.04 bits per heavy atom. The molecule has 1 aromatic heterocycles. The molecule has 0 bridgehead atoms. The fourth-order valence-corrected chi connectivity index (χ4v) is 3.02. The molecule has 2 aromatic rings. The van der Waals surface area contributed by atoms with Crippen LogP contribution in [-0.4, -0.2) is 31.4 Å². The van der Waals surface area contributed by atoms with Gasteiger partial charge in [0.2, 0.25) is 11.1 Å². The van der Waals surface area contributed by atoms with Crippen LogP contribution in [0.25, 0.3) is 0 Å². The minimum Gasteiger partial charge on any atom is -0.325 e. The Bertz CT molecular complexity index is 781. The average molecular weight is 408 g/mol. The Hall–Kier alpha value is -1.81. The quantitative estimate of drug-likeness (QED) is 0.729. The molecule has 1 aromatic carbocycles. The average Bonchev–Trinajstić information content (AvgIpc) is 2.94. The van der Waals surface area contributed by atoms with Crippen LogP contribution in [0.15, 0.2) is 23.4 Å². The summed E-state index contributed by atoms with van der Waals surface area (Å²) >= 11 is 6.70. The number of rotatable bonds is 6. The Labute approximate surface area is 157 Å². The van der Waals surface area contributed by atoms with Crippen LogP contribution in [0.4, 0.5) is 18.9 Å². The molecule has 0 unspecified atom stereocenters. The van der Waals surface area contributed by atoms with Crippen molar-refractivity contribution in [2.45, 2.75) is 43.9 Å². The third-order valence-electron chi connectivity index (χ3n) is 3.23. The van der Waals surface area contributed by atoms with Crippen molar-refractivity contribution in [3.05, 3.63) is 28.8 Å². The molecule has 0 aliphatic heterocycles. The van der Waals surface area contributed by atoms with Gasteiger partial charge in [0.25, 0.3) is 0 Å². The van der Waals surface area contributed by atoms with Gasteiger partial charge < -0.3 is 5.32 Å². The lowest BCUT2D eigenvalue weighted by Crippen LogP contribution is -2.25. The molecule has 0 fully saturated rings. The summed E-state index contributed by atoms with van der Waals surface area (Å²) in [5.74, 6) is -0.299. The summed E-state index contributed by atoms with van der Waals surface area (Å²) in [5.41, 5.74) is -1.35. The molecule has 0 aliphatic rings. The van der Waals surface area contributed by atoms with Crippen LogP contribution in [-0.2, 0) is 17.5 Å². The van der Waals surface area contributed by atoms with Gasteiger partial charge in [-0.05, 0) is 41.5 Å². The minimum atomic E-state index is -4.63. The highest BCUT2D eigenvalue weighted by molar-refractivity contribution is 8.00. The fraction of sp³-hybridized carbons (Fsp3) is 0.467. The number of benzene rings is 1. The van der Waals surface area contributed by atoms with E-state index in [0.717, 1.165) is 23.9 Å². The number of aromatic nitrogens is 4. The molecule has 1 N–H and O–H groups in total. The van der Waals surface area contributed by atoms with Gasteiger partial charge in [0.1, 0.15) is 0 Å². The number of hydrogen-bond donors (Lipinski definition) is 1. The first-order valence-electron chi connectivity index (χ1n) is 7.68. The number of thioether (sulfide) groups is 1. The van der Waals surface area contributed by atoms with E-state index in [-0.39, 0.29) is 10.7 Å². The number of nitrogens with one attached hydrogen (secondary N) is 1. The van der Waals surface area contributed by atoms with E-state index in [2.05, 4.69) is 20.8 Å². The molecule has 2 rings (SSSR count). The first-order chi connectivity index (χ1) is 12.1. The molecule has 26 heavy (non-hydrogen) atoms. The van der Waals surface area contributed by atoms with E-state index >= 15 is 0 Å². The molecule has 0 aliphatic carbocycles. The Morgan fingerprint density at radius 3 is 2.65 bits per heavy atom. The molecule has 142 valence electrons. The van der Waals surface area contributed by atoms with E-state index in [1.807, 2.05) is 13.8 Å². The molecule has 0 spiro atoms. The van der Waals surface area contributed by atoms with Crippen molar-refractivity contribution in [2.24, 2.45) is 5.92 Å². The lowest BCUT2D eigenvalue weighted by molar-refractivity contribution is -0.137. The van der Waals surface area contributed by atoms with Crippen molar-refractivity contribution in [1.82, 2.24) is 20.2 Å². The summed E-state index contributed by atoms with van der Waals surface area (Å²) in [6, 6.07) is 3.19. The number of hydrogen-bond acceptors (Lipinski definition) is 5. The van der Waals surface area contributed by atoms with Crippen molar-refractivity contribution in [3.63, 3.8) is 0 Å². The zero-order chi connectivity index (χ0) is 19.5. The normalized spacial score (nSPS) is 13.1. The monoisotopic (exact) mass is 407 g/mol. The second kappa shape index (κ2) is 8.26. The molecule has 0 saturated heterocycles. The Balaban J connectivity index is 2.12. The first-order valence-corrected chi connectivity index (χ1v) is 8.94. The van der Waals surface area contributed by atoms with Crippen LogP contribution >= 0.6 is 23.4 Å². The van der Waals surface area contributed by atoms with Gasteiger partial charge in [-0.15, -0.1) is 5.10 Å². The number of carbonyl (C=O) groups excluding carboxylic acids is 1. The van der Waals surface area contributed by atoms with E-state index in [4.69, 9.17) is 11.6 Å². The summed E-state index contributed by atoms with van der Waals surface area (Å²) < 4.78 is 40.9. The van der Waals surface area contributed by atoms with Gasteiger partial charge in [-0.2, -0.15) is 13.2 Å². The smallest absolute Gasteiger partial charge is 0.325 e. The van der Waals surface area contributed by atoms with E-state index in [1.54, 1.807) is 11.6 Å². The maximum absolute atomic E-state index is 13.1. The highest BCUT2D eigenvalue weighted by Crippen LogP contribution is 2.36. The lowest BCUT2D eigenvalue weighted by Gasteiger charge is -2.16. The van der Waals surface area contributed by atoms with Gasteiger partial charge in [-0.1, -0.05) is 37.2 Å². The fourth-order valence-electron chi connectivity index (χ4n) is 2.05. The Kier molecular flexibility index (Phi) is 6.51. The SMILES string of the molecule is CC(C)Cn1nnnc1S[C@@H](C)C(=O)Nc1ccc(Cl)cc1C(F)(F)F. The van der Waals surface area contributed by atoms with E-state index in [9.17, 15) is 18.0 Å². The van der Waals surface area contributed by atoms with Crippen molar-refractivity contribution in [2.75, 3.05) is 5.32 Å². The van der Waals surface area contributed by atoms with Crippen LogP contribution < -0.4 is 5.32 Å². The molecular formula is C15H17ClF3N5OS. The lowest BCUT2D eigenvalue weighted by atomic mass is 10.1. The zero-order valence-electron chi connectivity index (χ0n) is 14.2. The van der Waals surface area contributed by atoms with Crippen LogP contribution in [0.1, 0.15) is 26.3 Å². The number of nitrogens with zero attached hydrogens (tertiary/aromatic N) is 4. The van der Waals surface area contributed by atoms with Crippen LogP contribution in [0.2, 0.25) is 5.02 Å². The molecule has 6 nitrogen and oxygen atoms in total. The minimum absolute atomic E-state index is 0.0643. The van der Waals surface area contributed by atoms with Crippen LogP contribution in [0.5, 0.6) is 0 Å². The van der Waals surface area contributed by atoms with Crippen molar-refractivity contribution < 1.29 is 18.0 Å². The van der Waals surface area contributed by atoms with Gasteiger partial charge in [0, 0.05) is 11.6 Å². The number of amides is 1. The van der Waals surface area contributed by atoms with E-state index in [0.29, 0.717) is 17.6 Å². The second-order valence-corrected chi connectivity index (χ2v) is 7.72. The summed E-state index contributed by atoms with van der Waals surface area (Å²) in [5, 5.41) is 13.2. The molecular weight excluding hydrogens is 391 g/mol. The van der Waals surface area contributed by atoms with Gasteiger partial charge in [-0.25, -0.2) is 4.68 Å². The third-order valence-corrected chi connectivity index (χ3v) is 4.54. The molecule has 0 radical (unpaired) electrons. The largest absolute Gasteiger partial charge is 0.418 e. The third kappa shape index (κ3) is 5.34. The first kappa shape index (κ1) is 20.5. The number of carbonyl (C=O) groups is 1. The topological polar surface area (TPSA) is 72.7 Å². The van der Waals surface area contributed by atoms with Crippen molar-refractivity contribution in [3.8, 4) is 0 Å². The van der Waals surface area contributed by atoms with Gasteiger partial charge in [0.05, 0.1) is 16.5 Å². The molecule has 1 atom stereocenters. The maximum atomic E-state index is 13.1.